The number of para-hydroxylation sites is 1. The molecule has 2 aromatic heterocycles. The van der Waals surface area contributed by atoms with Crippen LogP contribution in [0.15, 0.2) is 79.1 Å². The van der Waals surface area contributed by atoms with E-state index < -0.39 is 0 Å². The first-order chi connectivity index (χ1) is 16.2. The highest BCUT2D eigenvalue weighted by molar-refractivity contribution is 5.94. The third-order valence-electron chi connectivity index (χ3n) is 4.90. The van der Waals surface area contributed by atoms with Gasteiger partial charge in [-0.1, -0.05) is 30.3 Å². The second kappa shape index (κ2) is 10.2. The van der Waals surface area contributed by atoms with Gasteiger partial charge in [-0.2, -0.15) is 9.67 Å². The quantitative estimate of drug-likeness (QED) is 0.407. The molecule has 0 saturated heterocycles. The highest BCUT2D eigenvalue weighted by Crippen LogP contribution is 2.21. The van der Waals surface area contributed by atoms with Gasteiger partial charge in [0.2, 0.25) is 5.95 Å². The molecule has 2 heterocycles. The Morgan fingerprint density at radius 1 is 1.03 bits per heavy atom. The van der Waals surface area contributed by atoms with E-state index in [9.17, 15) is 4.79 Å². The van der Waals surface area contributed by atoms with Crippen molar-refractivity contribution < 1.29 is 14.3 Å². The molecular formula is C25H23N5O3. The Kier molecular flexibility index (Phi) is 6.75. The second-order valence-electron chi connectivity index (χ2n) is 7.02. The van der Waals surface area contributed by atoms with E-state index in [1.165, 1.54) is 10.8 Å². The molecule has 1 N–H and O–H groups in total. The number of nitrogens with one attached hydrogen (secondary N) is 1. The number of carbonyl (C=O) groups excluding carboxylic acids is 1. The van der Waals surface area contributed by atoms with Crippen molar-refractivity contribution in [1.29, 1.82) is 0 Å². The Hall–Kier alpha value is -4.46. The van der Waals surface area contributed by atoms with Gasteiger partial charge in [-0.25, -0.2) is 0 Å². The molecule has 33 heavy (non-hydrogen) atoms. The highest BCUT2D eigenvalue weighted by Gasteiger charge is 2.16. The highest BCUT2D eigenvalue weighted by atomic mass is 16.5. The Labute approximate surface area is 191 Å². The van der Waals surface area contributed by atoms with Crippen LogP contribution < -0.4 is 14.8 Å². The van der Waals surface area contributed by atoms with E-state index in [0.29, 0.717) is 23.9 Å². The Morgan fingerprint density at radius 2 is 1.85 bits per heavy atom. The molecular weight excluding hydrogens is 418 g/mol. The molecule has 2 aromatic carbocycles. The number of pyridine rings is 1. The van der Waals surface area contributed by atoms with Crippen molar-refractivity contribution in [2.24, 2.45) is 0 Å². The predicted molar refractivity (Wildman–Crippen MR) is 126 cm³/mol. The van der Waals surface area contributed by atoms with E-state index in [1.54, 1.807) is 38.8 Å². The summed E-state index contributed by atoms with van der Waals surface area (Å²) in [7, 11) is 3.23. The molecule has 8 nitrogen and oxygen atoms in total. The summed E-state index contributed by atoms with van der Waals surface area (Å²) in [6.07, 6.45) is 6.50. The molecule has 0 spiro atoms. The van der Waals surface area contributed by atoms with Crippen LogP contribution in [0.3, 0.4) is 0 Å². The number of benzene rings is 2. The maximum atomic E-state index is 13.0. The van der Waals surface area contributed by atoms with Gasteiger partial charge in [0.15, 0.2) is 5.82 Å². The average molecular weight is 441 g/mol. The number of carbonyl (C=O) groups is 1. The summed E-state index contributed by atoms with van der Waals surface area (Å²) in [6.45, 7) is 0.407. The zero-order chi connectivity index (χ0) is 23.0. The number of hydrogen-bond donors (Lipinski definition) is 1. The molecule has 0 aliphatic rings. The van der Waals surface area contributed by atoms with Crippen LogP contribution in [0.5, 0.6) is 11.5 Å². The average Bonchev–Trinajstić information content (AvgIpc) is 3.31. The van der Waals surface area contributed by atoms with Gasteiger partial charge >= 0.3 is 0 Å². The molecule has 166 valence electrons. The molecule has 8 heteroatoms. The van der Waals surface area contributed by atoms with Crippen LogP contribution in [0.2, 0.25) is 0 Å². The summed E-state index contributed by atoms with van der Waals surface area (Å²) in [5, 5.41) is 7.63. The number of hydrogen-bond acceptors (Lipinski definition) is 7. The molecule has 0 radical (unpaired) electrons. The van der Waals surface area contributed by atoms with E-state index >= 15 is 0 Å². The first-order valence-corrected chi connectivity index (χ1v) is 10.3. The van der Waals surface area contributed by atoms with Crippen molar-refractivity contribution in [2.75, 3.05) is 19.5 Å². The van der Waals surface area contributed by atoms with Gasteiger partial charge in [-0.3, -0.25) is 9.78 Å². The van der Waals surface area contributed by atoms with Gasteiger partial charge in [0.25, 0.3) is 5.91 Å². The van der Waals surface area contributed by atoms with E-state index in [1.807, 2.05) is 54.6 Å². The maximum Gasteiger partial charge on any atom is 0.274 e. The predicted octanol–water partition coefficient (Wildman–Crippen LogP) is 4.32. The monoisotopic (exact) mass is 441 g/mol. The molecule has 0 aliphatic carbocycles. The van der Waals surface area contributed by atoms with Gasteiger partial charge in [0.05, 0.1) is 14.2 Å². The smallest absolute Gasteiger partial charge is 0.274 e. The van der Waals surface area contributed by atoms with Gasteiger partial charge in [-0.05, 0) is 42.0 Å². The molecule has 0 bridgehead atoms. The van der Waals surface area contributed by atoms with Crippen molar-refractivity contribution in [1.82, 2.24) is 19.7 Å². The summed E-state index contributed by atoms with van der Waals surface area (Å²) in [5.74, 6) is 1.88. The number of rotatable bonds is 8. The lowest BCUT2D eigenvalue weighted by Crippen LogP contribution is -2.14. The zero-order valence-corrected chi connectivity index (χ0v) is 18.3. The van der Waals surface area contributed by atoms with Gasteiger partial charge in [0.1, 0.15) is 11.5 Å². The lowest BCUT2D eigenvalue weighted by molar-refractivity contribution is 0.0957. The SMILES string of the molecule is COc1ccc(C=CC(=O)n2nc(-c3cccnc3)nc2NCc2ccccc2OC)cc1. The number of methoxy groups -OCH3 is 2. The number of ether oxygens (including phenoxy) is 2. The fraction of sp³-hybridized carbons (Fsp3) is 0.120. The van der Waals surface area contributed by atoms with Crippen LogP contribution >= 0.6 is 0 Å². The van der Waals surface area contributed by atoms with Crippen LogP contribution in [0, 0.1) is 0 Å². The minimum absolute atomic E-state index is 0.323. The van der Waals surface area contributed by atoms with Gasteiger partial charge in [0, 0.05) is 36.1 Å². The molecule has 0 fully saturated rings. The van der Waals surface area contributed by atoms with Crippen LogP contribution in [0.4, 0.5) is 5.95 Å². The summed E-state index contributed by atoms with van der Waals surface area (Å²) < 4.78 is 11.8. The minimum atomic E-state index is -0.337. The van der Waals surface area contributed by atoms with E-state index in [2.05, 4.69) is 20.4 Å². The first-order valence-electron chi connectivity index (χ1n) is 10.3. The van der Waals surface area contributed by atoms with Crippen LogP contribution in [0.25, 0.3) is 17.5 Å². The van der Waals surface area contributed by atoms with Crippen molar-refractivity contribution in [3.05, 3.63) is 90.3 Å². The molecule has 4 aromatic rings. The first kappa shape index (κ1) is 21.8. The fourth-order valence-corrected chi connectivity index (χ4v) is 3.17. The summed E-state index contributed by atoms with van der Waals surface area (Å²) >= 11 is 0. The molecule has 0 aliphatic heterocycles. The second-order valence-corrected chi connectivity index (χ2v) is 7.02. The normalized spacial score (nSPS) is 10.8. The number of nitrogens with zero attached hydrogens (tertiary/aromatic N) is 4. The molecule has 0 atom stereocenters. The Balaban J connectivity index is 1.61. The van der Waals surface area contributed by atoms with Crippen LogP contribution in [-0.4, -0.2) is 39.9 Å². The topological polar surface area (TPSA) is 91.2 Å². The van der Waals surface area contributed by atoms with E-state index in [4.69, 9.17) is 9.47 Å². The molecule has 0 unspecified atom stereocenters. The van der Waals surface area contributed by atoms with Crippen molar-refractivity contribution >= 4 is 17.9 Å². The van der Waals surface area contributed by atoms with E-state index in [-0.39, 0.29) is 5.91 Å². The molecule has 4 rings (SSSR count). The maximum absolute atomic E-state index is 13.0. The Morgan fingerprint density at radius 3 is 2.58 bits per heavy atom. The summed E-state index contributed by atoms with van der Waals surface area (Å²) in [4.78, 5) is 21.7. The summed E-state index contributed by atoms with van der Waals surface area (Å²) in [6, 6.07) is 18.7. The lowest BCUT2D eigenvalue weighted by atomic mass is 10.2. The standard InChI is InChI=1S/C25H23N5O3/c1-32-21-12-9-18(10-13-21)11-14-23(31)30-25(27-17-19-6-3-4-8-22(19)33-2)28-24(29-30)20-7-5-15-26-16-20/h3-16H,17H2,1-2H3,(H,27,28,29). The Bertz CT molecular complexity index is 1250. The van der Waals surface area contributed by atoms with Crippen molar-refractivity contribution in [3.8, 4) is 22.9 Å². The lowest BCUT2D eigenvalue weighted by Gasteiger charge is -2.09. The number of anilines is 1. The van der Waals surface area contributed by atoms with Gasteiger partial charge < -0.3 is 14.8 Å². The van der Waals surface area contributed by atoms with Gasteiger partial charge in [-0.15, -0.1) is 5.10 Å². The fourth-order valence-electron chi connectivity index (χ4n) is 3.17. The largest absolute Gasteiger partial charge is 0.497 e. The van der Waals surface area contributed by atoms with Crippen molar-refractivity contribution in [2.45, 2.75) is 6.54 Å². The van der Waals surface area contributed by atoms with Crippen LogP contribution in [0.1, 0.15) is 15.9 Å². The third kappa shape index (κ3) is 5.24. The third-order valence-corrected chi connectivity index (χ3v) is 4.90. The molecule has 0 saturated carbocycles. The van der Waals surface area contributed by atoms with Crippen molar-refractivity contribution in [3.63, 3.8) is 0 Å². The number of allylic oxidation sites excluding steroid dienone is 1. The molecule has 0 amide bonds. The number of aromatic nitrogens is 4. The zero-order valence-electron chi connectivity index (χ0n) is 18.3. The summed E-state index contributed by atoms with van der Waals surface area (Å²) in [5.41, 5.74) is 2.50. The van der Waals surface area contributed by atoms with E-state index in [0.717, 1.165) is 22.6 Å². The van der Waals surface area contributed by atoms with Crippen LogP contribution in [-0.2, 0) is 6.54 Å². The minimum Gasteiger partial charge on any atom is -0.497 e.